The van der Waals surface area contributed by atoms with Gasteiger partial charge in [-0.1, -0.05) is 110 Å². The van der Waals surface area contributed by atoms with Gasteiger partial charge < -0.3 is 28.4 Å². The summed E-state index contributed by atoms with van der Waals surface area (Å²) >= 11 is 0. The number of unbranched alkanes of at least 4 members (excludes halogenated alkanes) is 14. The van der Waals surface area contributed by atoms with E-state index < -0.39 is 29.7 Å². The van der Waals surface area contributed by atoms with Crippen molar-refractivity contribution in [3.05, 3.63) is 143 Å². The van der Waals surface area contributed by atoms with Crippen LogP contribution in [-0.2, 0) is 0 Å². The van der Waals surface area contributed by atoms with E-state index in [2.05, 4.69) is 13.8 Å². The van der Waals surface area contributed by atoms with Crippen molar-refractivity contribution in [1.82, 2.24) is 0 Å². The molecule has 0 amide bonds. The Balaban J connectivity index is 1.02. The van der Waals surface area contributed by atoms with Gasteiger partial charge in [-0.25, -0.2) is 23.6 Å². The lowest BCUT2D eigenvalue weighted by Gasteiger charge is -2.10. The van der Waals surface area contributed by atoms with Crippen LogP contribution in [0.5, 0.6) is 34.5 Å². The predicted molar refractivity (Wildman–Crippen MR) is 248 cm³/mol. The normalized spacial score (nSPS) is 10.8. The first-order valence-electron chi connectivity index (χ1n) is 23.1. The van der Waals surface area contributed by atoms with Gasteiger partial charge in [-0.05, 0) is 116 Å². The summed E-state index contributed by atoms with van der Waals surface area (Å²) in [4.78, 5) is 51.5. The van der Waals surface area contributed by atoms with Crippen molar-refractivity contribution >= 4 is 23.9 Å². The van der Waals surface area contributed by atoms with Crippen LogP contribution >= 0.6 is 0 Å². The van der Waals surface area contributed by atoms with Crippen molar-refractivity contribution in [2.45, 2.75) is 117 Å². The van der Waals surface area contributed by atoms with Crippen molar-refractivity contribution in [2.75, 3.05) is 13.2 Å². The van der Waals surface area contributed by atoms with Crippen molar-refractivity contribution in [3.8, 4) is 34.5 Å². The van der Waals surface area contributed by atoms with E-state index in [1.165, 1.54) is 162 Å². The number of carbonyl (C=O) groups is 4. The molecule has 0 aromatic heterocycles. The molecule has 0 N–H and O–H groups in total. The van der Waals surface area contributed by atoms with Gasteiger partial charge in [0.05, 0.1) is 35.5 Å². The summed E-state index contributed by atoms with van der Waals surface area (Å²) < 4.78 is 48.2. The quantitative estimate of drug-likeness (QED) is 0.0272. The molecule has 0 aliphatic rings. The van der Waals surface area contributed by atoms with Crippen LogP contribution in [0.25, 0.3) is 0 Å². The second-order valence-corrected chi connectivity index (χ2v) is 15.9. The summed E-state index contributed by atoms with van der Waals surface area (Å²) in [5.74, 6) is -1.91. The molecule has 0 spiro atoms. The molecule has 0 saturated carbocycles. The van der Waals surface area contributed by atoms with Crippen LogP contribution in [0.2, 0.25) is 0 Å². The molecule has 11 heteroatoms. The summed E-state index contributed by atoms with van der Waals surface area (Å²) in [5, 5.41) is 0. The number of halogens is 1. The first-order valence-corrected chi connectivity index (χ1v) is 23.1. The van der Waals surface area contributed by atoms with E-state index in [9.17, 15) is 23.6 Å². The maximum Gasteiger partial charge on any atom is 0.346 e. The smallest absolute Gasteiger partial charge is 0.346 e. The Hall–Kier alpha value is -6.49. The van der Waals surface area contributed by atoms with Crippen LogP contribution in [0.3, 0.4) is 0 Å². The highest BCUT2D eigenvalue weighted by Gasteiger charge is 2.18. The Labute approximate surface area is 382 Å². The largest absolute Gasteiger partial charge is 0.494 e. The molecule has 0 fully saturated rings. The van der Waals surface area contributed by atoms with Crippen molar-refractivity contribution in [1.29, 1.82) is 0 Å². The Morgan fingerprint density at radius 1 is 0.369 bits per heavy atom. The molecule has 0 unspecified atom stereocenters. The molecule has 344 valence electrons. The summed E-state index contributed by atoms with van der Waals surface area (Å²) in [6.45, 7) is 5.53. The molecule has 0 radical (unpaired) electrons. The minimum Gasteiger partial charge on any atom is -0.494 e. The first-order chi connectivity index (χ1) is 31.7. The second-order valence-electron chi connectivity index (χ2n) is 15.9. The van der Waals surface area contributed by atoms with Crippen LogP contribution < -0.4 is 28.4 Å². The number of carbonyl (C=O) groups excluding carboxylic acids is 4. The fraction of sp³-hybridized carbons (Fsp3) is 0.370. The lowest BCUT2D eigenvalue weighted by atomic mass is 10.1. The highest BCUT2D eigenvalue weighted by atomic mass is 19.1. The molecule has 5 rings (SSSR count). The maximum atomic E-state index is 14.8. The van der Waals surface area contributed by atoms with Gasteiger partial charge in [0, 0.05) is 6.07 Å². The van der Waals surface area contributed by atoms with Crippen LogP contribution in [0.15, 0.2) is 115 Å². The van der Waals surface area contributed by atoms with Crippen LogP contribution in [0.1, 0.15) is 158 Å². The molecular formula is C54H61FO10. The fourth-order valence-corrected chi connectivity index (χ4v) is 6.87. The van der Waals surface area contributed by atoms with Gasteiger partial charge in [-0.2, -0.15) is 0 Å². The van der Waals surface area contributed by atoms with Crippen molar-refractivity contribution in [2.24, 2.45) is 0 Å². The molecule has 0 saturated heterocycles. The molecule has 5 aromatic rings. The molecule has 10 nitrogen and oxygen atoms in total. The third-order valence-electron chi connectivity index (χ3n) is 10.6. The van der Waals surface area contributed by atoms with E-state index >= 15 is 0 Å². The number of benzene rings is 5. The molecule has 0 aliphatic carbocycles. The summed E-state index contributed by atoms with van der Waals surface area (Å²) in [6.07, 6.45) is 19.1. The maximum absolute atomic E-state index is 14.8. The Bertz CT molecular complexity index is 2240. The van der Waals surface area contributed by atoms with Gasteiger partial charge in [-0.3, -0.25) is 0 Å². The summed E-state index contributed by atoms with van der Waals surface area (Å²) in [6, 6.07) is 28.3. The van der Waals surface area contributed by atoms with E-state index in [1.54, 1.807) is 24.3 Å². The van der Waals surface area contributed by atoms with Crippen molar-refractivity contribution in [3.63, 3.8) is 0 Å². The fourth-order valence-electron chi connectivity index (χ4n) is 6.87. The zero-order valence-electron chi connectivity index (χ0n) is 37.7. The molecule has 5 aromatic carbocycles. The van der Waals surface area contributed by atoms with E-state index in [0.717, 1.165) is 32.1 Å². The van der Waals surface area contributed by atoms with E-state index in [4.69, 9.17) is 28.4 Å². The minimum atomic E-state index is -0.901. The van der Waals surface area contributed by atoms with Gasteiger partial charge >= 0.3 is 23.9 Å². The van der Waals surface area contributed by atoms with Crippen LogP contribution in [-0.4, -0.2) is 37.1 Å². The van der Waals surface area contributed by atoms with Crippen LogP contribution in [0.4, 0.5) is 4.39 Å². The SMILES string of the molecule is CCCCCCCCCCOc1ccc(OC(=O)c2ccc(OC(=O)c3cccc(OC(=O)c4ccc(OC(=O)c5ccc(OCCCCCCCCCC)cc5F)cc4)c3)cc2)cc1. The minimum absolute atomic E-state index is 0.0850. The molecule has 65 heavy (non-hydrogen) atoms. The zero-order chi connectivity index (χ0) is 46.1. The summed E-state index contributed by atoms with van der Waals surface area (Å²) in [7, 11) is 0. The molecule has 0 aliphatic heterocycles. The summed E-state index contributed by atoms with van der Waals surface area (Å²) in [5.41, 5.74) is 0.252. The lowest BCUT2D eigenvalue weighted by molar-refractivity contribution is 0.0712. The standard InChI is InChI=1S/C54H61FO10/c1-3-5-7-9-11-13-15-17-36-60-43-30-32-46(33-31-43)62-51(56)40-22-26-44(27-23-40)63-53(58)42-20-19-21-48(38-42)65-52(57)41-24-28-45(29-25-41)64-54(59)49-35-34-47(39-50(49)55)61-37-18-16-14-12-10-8-6-4-2/h19-35,38-39H,3-18,36-37H2,1-2H3. The first kappa shape index (κ1) is 49.5. The Kier molecular flexibility index (Phi) is 21.1. The number of hydrogen-bond donors (Lipinski definition) is 0. The second kappa shape index (κ2) is 27.6. The highest BCUT2D eigenvalue weighted by molar-refractivity contribution is 5.95. The average Bonchev–Trinajstić information content (AvgIpc) is 3.31. The number of rotatable bonds is 28. The van der Waals surface area contributed by atoms with Gasteiger partial charge in [0.1, 0.15) is 40.3 Å². The Morgan fingerprint density at radius 3 is 1.25 bits per heavy atom. The molecule has 0 bridgehead atoms. The van der Waals surface area contributed by atoms with Crippen LogP contribution in [0, 0.1) is 5.82 Å². The third-order valence-corrected chi connectivity index (χ3v) is 10.6. The van der Waals surface area contributed by atoms with Gasteiger partial charge in [0.15, 0.2) is 0 Å². The van der Waals surface area contributed by atoms with E-state index in [-0.39, 0.29) is 39.5 Å². The van der Waals surface area contributed by atoms with E-state index in [0.29, 0.717) is 30.5 Å². The molecular weight excluding hydrogens is 828 g/mol. The van der Waals surface area contributed by atoms with Gasteiger partial charge in [-0.15, -0.1) is 0 Å². The van der Waals surface area contributed by atoms with Crippen molar-refractivity contribution < 1.29 is 52.0 Å². The molecule has 0 heterocycles. The third kappa shape index (κ3) is 17.5. The average molecular weight is 889 g/mol. The highest BCUT2D eigenvalue weighted by Crippen LogP contribution is 2.24. The predicted octanol–water partition coefficient (Wildman–Crippen LogP) is 13.7. The molecule has 0 atom stereocenters. The van der Waals surface area contributed by atoms with Gasteiger partial charge in [0.2, 0.25) is 0 Å². The number of esters is 4. The lowest BCUT2D eigenvalue weighted by Crippen LogP contribution is -2.12. The topological polar surface area (TPSA) is 124 Å². The van der Waals surface area contributed by atoms with E-state index in [1.807, 2.05) is 0 Å². The monoisotopic (exact) mass is 888 g/mol. The zero-order valence-corrected chi connectivity index (χ0v) is 37.7. The number of ether oxygens (including phenoxy) is 6. The number of hydrogen-bond acceptors (Lipinski definition) is 10. The Morgan fingerprint density at radius 2 is 0.754 bits per heavy atom. The van der Waals surface area contributed by atoms with Gasteiger partial charge in [0.25, 0.3) is 0 Å².